The molecule has 3 unspecified atom stereocenters. The summed E-state index contributed by atoms with van der Waals surface area (Å²) in [6.45, 7) is 4.77. The Morgan fingerprint density at radius 3 is 1.18 bits per heavy atom. The minimum Gasteiger partial charge on any atom is -0.391 e. The van der Waals surface area contributed by atoms with Crippen molar-refractivity contribution < 1.29 is 32.9 Å². The number of carbonyl (C=O) groups is 1. The predicted octanol–water partition coefficient (Wildman–Crippen LogP) is 19.7. The topological polar surface area (TPSA) is 105 Å². The van der Waals surface area contributed by atoms with Crippen LogP contribution in [0.25, 0.3) is 0 Å². The Kier molecular flexibility index (Phi) is 54.6. The minimum atomic E-state index is -4.34. The number of aliphatic hydroxyl groups excluding tert-OH is 1. The molecule has 0 rings (SSSR count). The van der Waals surface area contributed by atoms with Gasteiger partial charge < -0.3 is 19.8 Å². The molecule has 0 heterocycles. The Bertz CT molecular complexity index is 1390. The molecule has 0 aliphatic carbocycles. The zero-order valence-electron chi connectivity index (χ0n) is 49.6. The normalized spacial score (nSPS) is 14.2. The van der Waals surface area contributed by atoms with Gasteiger partial charge in [0.05, 0.1) is 39.9 Å². The average Bonchev–Trinajstić information content (AvgIpc) is 3.36. The van der Waals surface area contributed by atoms with Crippen LogP contribution >= 0.6 is 7.82 Å². The molecule has 0 saturated carbocycles. The third-order valence-corrected chi connectivity index (χ3v) is 15.3. The number of nitrogens with zero attached hydrogens (tertiary/aromatic N) is 1. The lowest BCUT2D eigenvalue weighted by Crippen LogP contribution is -2.46. The third-order valence-electron chi connectivity index (χ3n) is 14.3. The van der Waals surface area contributed by atoms with Crippen molar-refractivity contribution in [3.05, 3.63) is 60.8 Å². The van der Waals surface area contributed by atoms with Gasteiger partial charge in [-0.15, -0.1) is 0 Å². The van der Waals surface area contributed by atoms with E-state index in [9.17, 15) is 19.4 Å². The van der Waals surface area contributed by atoms with Crippen LogP contribution in [0.2, 0.25) is 0 Å². The van der Waals surface area contributed by atoms with Gasteiger partial charge in [-0.2, -0.15) is 0 Å². The van der Waals surface area contributed by atoms with Crippen LogP contribution in [0.4, 0.5) is 0 Å². The molecule has 434 valence electrons. The number of nitrogens with one attached hydrogen (secondary N) is 1. The maximum absolute atomic E-state index is 13.0. The first kappa shape index (κ1) is 72.2. The van der Waals surface area contributed by atoms with Gasteiger partial charge >= 0.3 is 7.82 Å². The largest absolute Gasteiger partial charge is 0.472 e. The first-order chi connectivity index (χ1) is 36.0. The molecule has 8 nitrogen and oxygen atoms in total. The number of unbranched alkanes of at least 4 members (excludes halogenated alkanes) is 35. The van der Waals surface area contributed by atoms with Crippen LogP contribution in [-0.2, 0) is 18.4 Å². The molecule has 0 aromatic heterocycles. The quantitative estimate of drug-likeness (QED) is 0.0243. The molecular formula is C65H124N2O6P+. The number of rotatable bonds is 58. The Balaban J connectivity index is 4.06. The van der Waals surface area contributed by atoms with Gasteiger partial charge in [0.25, 0.3) is 0 Å². The van der Waals surface area contributed by atoms with Crippen molar-refractivity contribution in [1.29, 1.82) is 0 Å². The first-order valence-electron chi connectivity index (χ1n) is 31.7. The number of hydrogen-bond donors (Lipinski definition) is 3. The number of phosphoric ester groups is 1. The molecule has 1 amide bonds. The van der Waals surface area contributed by atoms with E-state index in [1.807, 2.05) is 21.1 Å². The molecule has 0 aromatic carbocycles. The summed E-state index contributed by atoms with van der Waals surface area (Å²) in [6, 6.07) is -0.783. The van der Waals surface area contributed by atoms with E-state index >= 15 is 0 Å². The number of carbonyl (C=O) groups excluding carboxylic acids is 1. The zero-order chi connectivity index (χ0) is 54.2. The summed E-state index contributed by atoms with van der Waals surface area (Å²) >= 11 is 0. The van der Waals surface area contributed by atoms with Gasteiger partial charge in [0, 0.05) is 6.42 Å². The van der Waals surface area contributed by atoms with E-state index in [0.29, 0.717) is 23.9 Å². The standard InChI is InChI=1S/C65H123N2O6P/c1-6-8-10-12-14-16-18-20-22-24-26-27-28-29-30-31-32-33-34-35-36-37-38-39-41-42-44-46-48-50-52-54-56-58-64(68)63(62-73-74(70,71)72-61-60-67(3,4)5)66-65(69)59-57-55-53-51-49-47-45-43-40-25-23-21-19-17-15-13-11-9-7-2/h9,11,15,17,21,23,40,43,47,49,63-64,68H,6-8,10,12-14,16,18-20,22,24-39,41-42,44-46,48,50-62H2,1-5H3,(H-,66,69,70,71)/p+1/b11-9-,17-15-,23-21-,43-40-,49-47-. The fourth-order valence-electron chi connectivity index (χ4n) is 9.37. The highest BCUT2D eigenvalue weighted by molar-refractivity contribution is 7.47. The lowest BCUT2D eigenvalue weighted by Gasteiger charge is -2.26. The number of quaternary nitrogens is 1. The average molecular weight is 1060 g/mol. The van der Waals surface area contributed by atoms with Crippen LogP contribution in [0, 0.1) is 0 Å². The van der Waals surface area contributed by atoms with E-state index in [4.69, 9.17) is 9.05 Å². The lowest BCUT2D eigenvalue weighted by molar-refractivity contribution is -0.870. The number of phosphoric acid groups is 1. The van der Waals surface area contributed by atoms with Crippen molar-refractivity contribution in [2.24, 2.45) is 0 Å². The van der Waals surface area contributed by atoms with Crippen molar-refractivity contribution in [1.82, 2.24) is 5.32 Å². The molecule has 9 heteroatoms. The van der Waals surface area contributed by atoms with E-state index in [1.165, 1.54) is 193 Å². The zero-order valence-corrected chi connectivity index (χ0v) is 50.5. The smallest absolute Gasteiger partial charge is 0.391 e. The summed E-state index contributed by atoms with van der Waals surface area (Å²) in [4.78, 5) is 23.3. The SMILES string of the molecule is CC/C=C\C/C=C\C/C=C\C/C=C\C/C=C\CCCCCC(=O)NC(COP(=O)(O)OCC[N+](C)(C)C)C(O)CCCCCCCCCCCCCCCCCCCCCCCCCCCCCCCCCCC. The third kappa shape index (κ3) is 57.9. The van der Waals surface area contributed by atoms with E-state index in [2.05, 4.69) is 79.9 Å². The predicted molar refractivity (Wildman–Crippen MR) is 323 cm³/mol. The fourth-order valence-corrected chi connectivity index (χ4v) is 10.1. The van der Waals surface area contributed by atoms with E-state index in [0.717, 1.165) is 77.0 Å². The van der Waals surface area contributed by atoms with Gasteiger partial charge in [-0.05, 0) is 57.8 Å². The van der Waals surface area contributed by atoms with Crippen LogP contribution in [0.15, 0.2) is 60.8 Å². The van der Waals surface area contributed by atoms with Gasteiger partial charge in [0.2, 0.25) is 5.91 Å². The first-order valence-corrected chi connectivity index (χ1v) is 33.1. The van der Waals surface area contributed by atoms with E-state index in [1.54, 1.807) is 0 Å². The number of hydrogen-bond acceptors (Lipinski definition) is 5. The van der Waals surface area contributed by atoms with Gasteiger partial charge in [-0.25, -0.2) is 4.57 Å². The number of likely N-dealkylation sites (N-methyl/N-ethyl adjacent to an activating group) is 1. The summed E-state index contributed by atoms with van der Waals surface area (Å²) in [5.41, 5.74) is 0. The molecule has 3 N–H and O–H groups in total. The molecule has 0 bridgehead atoms. The highest BCUT2D eigenvalue weighted by Crippen LogP contribution is 2.43. The molecule has 0 aliphatic rings. The summed E-state index contributed by atoms with van der Waals surface area (Å²) in [6.07, 6.45) is 76.0. The fraction of sp³-hybridized carbons (Fsp3) is 0.831. The highest BCUT2D eigenvalue weighted by atomic mass is 31.2. The summed E-state index contributed by atoms with van der Waals surface area (Å²) in [5, 5.41) is 14.1. The van der Waals surface area contributed by atoms with Crippen LogP contribution in [0.3, 0.4) is 0 Å². The van der Waals surface area contributed by atoms with Crippen LogP contribution < -0.4 is 5.32 Å². The van der Waals surface area contributed by atoms with E-state index in [-0.39, 0.29) is 19.1 Å². The monoisotopic (exact) mass is 1060 g/mol. The van der Waals surface area contributed by atoms with Crippen molar-refractivity contribution in [3.63, 3.8) is 0 Å². The molecule has 0 radical (unpaired) electrons. The molecular weight excluding hydrogens is 936 g/mol. The van der Waals surface area contributed by atoms with Gasteiger partial charge in [-0.1, -0.05) is 293 Å². The Hall–Kier alpha value is -1.80. The van der Waals surface area contributed by atoms with Crippen LogP contribution in [-0.4, -0.2) is 73.4 Å². The van der Waals surface area contributed by atoms with Gasteiger partial charge in [0.1, 0.15) is 13.2 Å². The number of aliphatic hydroxyl groups is 1. The highest BCUT2D eigenvalue weighted by Gasteiger charge is 2.28. The second kappa shape index (κ2) is 55.9. The maximum Gasteiger partial charge on any atom is 0.472 e. The summed E-state index contributed by atoms with van der Waals surface area (Å²) < 4.78 is 23.8. The second-order valence-electron chi connectivity index (χ2n) is 22.8. The molecule has 74 heavy (non-hydrogen) atoms. The maximum atomic E-state index is 13.0. The Morgan fingerprint density at radius 2 is 0.811 bits per heavy atom. The minimum absolute atomic E-state index is 0.0657. The number of allylic oxidation sites excluding steroid dienone is 10. The lowest BCUT2D eigenvalue weighted by atomic mass is 10.0. The van der Waals surface area contributed by atoms with Gasteiger partial charge in [-0.3, -0.25) is 13.8 Å². The van der Waals surface area contributed by atoms with E-state index < -0.39 is 20.0 Å². The van der Waals surface area contributed by atoms with Crippen molar-refractivity contribution >= 4 is 13.7 Å². The molecule has 0 saturated heterocycles. The molecule has 0 aromatic rings. The second-order valence-corrected chi connectivity index (χ2v) is 24.2. The van der Waals surface area contributed by atoms with Crippen LogP contribution in [0.5, 0.6) is 0 Å². The van der Waals surface area contributed by atoms with Crippen LogP contribution in [0.1, 0.15) is 296 Å². The molecule has 0 aliphatic heterocycles. The van der Waals surface area contributed by atoms with Crippen molar-refractivity contribution in [2.75, 3.05) is 40.9 Å². The number of amides is 1. The van der Waals surface area contributed by atoms with Crippen molar-refractivity contribution in [3.8, 4) is 0 Å². The molecule has 3 atom stereocenters. The van der Waals surface area contributed by atoms with Crippen molar-refractivity contribution in [2.45, 2.75) is 309 Å². The Labute approximate surface area is 460 Å². The summed E-state index contributed by atoms with van der Waals surface area (Å²) in [5.74, 6) is -0.174. The molecule has 0 fully saturated rings. The summed E-state index contributed by atoms with van der Waals surface area (Å²) in [7, 11) is 1.59. The van der Waals surface area contributed by atoms with Gasteiger partial charge in [0.15, 0.2) is 0 Å². The Morgan fingerprint density at radius 1 is 0.473 bits per heavy atom. The molecule has 0 spiro atoms.